The zero-order valence-corrected chi connectivity index (χ0v) is 15.5. The molecule has 0 aliphatic carbocycles. The van der Waals surface area contributed by atoms with Gasteiger partial charge >= 0.3 is 0 Å². The third-order valence-electron chi connectivity index (χ3n) is 4.81. The normalized spacial score (nSPS) is 19.9. The number of likely N-dealkylation sites (N-methyl/N-ethyl adjacent to an activating group) is 1. The van der Waals surface area contributed by atoms with Gasteiger partial charge in [0.25, 0.3) is 0 Å². The van der Waals surface area contributed by atoms with Crippen LogP contribution in [0, 0.1) is 0 Å². The van der Waals surface area contributed by atoms with Crippen molar-refractivity contribution in [1.82, 2.24) is 24.6 Å². The Kier molecular flexibility index (Phi) is 4.95. The topological polar surface area (TPSA) is 82.0 Å². The molecular weight excluding hydrogens is 350 g/mol. The summed E-state index contributed by atoms with van der Waals surface area (Å²) in [4.78, 5) is 21.0. The average Bonchev–Trinajstić information content (AvgIpc) is 3.17. The van der Waals surface area contributed by atoms with Crippen LogP contribution >= 0.6 is 0 Å². The van der Waals surface area contributed by atoms with Crippen molar-refractivity contribution in [2.45, 2.75) is 6.04 Å². The molecule has 2 aliphatic heterocycles. The Morgan fingerprint density at radius 3 is 2.89 bits per heavy atom. The van der Waals surface area contributed by atoms with E-state index in [4.69, 9.17) is 14.2 Å². The molecular formula is C18H23N5O4. The van der Waals surface area contributed by atoms with E-state index >= 15 is 0 Å². The number of carbonyl (C=O) groups excluding carboxylic acids is 1. The molecule has 0 radical (unpaired) electrons. The summed E-state index contributed by atoms with van der Waals surface area (Å²) in [6.45, 7) is 3.23. The second-order valence-corrected chi connectivity index (χ2v) is 6.66. The second-order valence-electron chi connectivity index (χ2n) is 6.66. The van der Waals surface area contributed by atoms with E-state index in [1.807, 2.05) is 30.1 Å². The van der Waals surface area contributed by atoms with Crippen molar-refractivity contribution in [1.29, 1.82) is 0 Å². The summed E-state index contributed by atoms with van der Waals surface area (Å²) < 4.78 is 18.1. The lowest BCUT2D eigenvalue weighted by molar-refractivity contribution is -0.140. The first-order chi connectivity index (χ1) is 13.2. The van der Waals surface area contributed by atoms with E-state index in [0.717, 1.165) is 18.0 Å². The number of methoxy groups -OCH3 is 1. The number of carbonyl (C=O) groups is 1. The summed E-state index contributed by atoms with van der Waals surface area (Å²) in [6.07, 6.45) is 1.51. The van der Waals surface area contributed by atoms with Crippen LogP contribution in [0.25, 0.3) is 5.69 Å². The summed E-state index contributed by atoms with van der Waals surface area (Å²) in [5, 5.41) is 4.40. The van der Waals surface area contributed by atoms with Crippen LogP contribution in [0.3, 0.4) is 0 Å². The van der Waals surface area contributed by atoms with Crippen LogP contribution < -0.4 is 9.47 Å². The van der Waals surface area contributed by atoms with Crippen LogP contribution in [0.2, 0.25) is 0 Å². The zero-order chi connectivity index (χ0) is 18.8. The Bertz CT molecular complexity index is 824. The molecule has 4 rings (SSSR count). The van der Waals surface area contributed by atoms with Crippen LogP contribution in [0.15, 0.2) is 24.5 Å². The molecule has 0 spiro atoms. The summed E-state index contributed by atoms with van der Waals surface area (Å²) >= 11 is 0. The lowest BCUT2D eigenvalue weighted by atomic mass is 10.1. The Balaban J connectivity index is 1.68. The van der Waals surface area contributed by atoms with E-state index < -0.39 is 0 Å². The first kappa shape index (κ1) is 17.7. The smallest absolute Gasteiger partial charge is 0.249 e. The molecule has 0 N–H and O–H groups in total. The van der Waals surface area contributed by atoms with Crippen LogP contribution in [-0.4, -0.2) is 84.1 Å². The largest absolute Gasteiger partial charge is 0.486 e. The number of fused-ring (bicyclic) bond motifs is 1. The highest BCUT2D eigenvalue weighted by Gasteiger charge is 2.33. The maximum Gasteiger partial charge on any atom is 0.249 e. The van der Waals surface area contributed by atoms with Crippen LogP contribution in [0.1, 0.15) is 11.9 Å². The minimum Gasteiger partial charge on any atom is -0.486 e. The lowest BCUT2D eigenvalue weighted by Crippen LogP contribution is -2.51. The molecule has 0 saturated carbocycles. The van der Waals surface area contributed by atoms with Gasteiger partial charge in [0.2, 0.25) is 5.91 Å². The molecule has 2 aliphatic rings. The van der Waals surface area contributed by atoms with Crippen molar-refractivity contribution in [2.24, 2.45) is 0 Å². The highest BCUT2D eigenvalue weighted by Crippen LogP contribution is 2.33. The number of aromatic nitrogens is 3. The molecule has 2 aromatic rings. The number of nitrogens with zero attached hydrogens (tertiary/aromatic N) is 5. The predicted molar refractivity (Wildman–Crippen MR) is 96.2 cm³/mol. The molecule has 9 nitrogen and oxygen atoms in total. The van der Waals surface area contributed by atoms with Crippen LogP contribution in [0.5, 0.6) is 11.5 Å². The van der Waals surface area contributed by atoms with E-state index in [0.29, 0.717) is 37.9 Å². The fourth-order valence-electron chi connectivity index (χ4n) is 3.49. The van der Waals surface area contributed by atoms with Gasteiger partial charge in [-0.15, -0.1) is 0 Å². The Labute approximate surface area is 157 Å². The number of hydrogen-bond donors (Lipinski definition) is 0. The first-order valence-electron chi connectivity index (χ1n) is 8.94. The van der Waals surface area contributed by atoms with E-state index in [2.05, 4.69) is 15.0 Å². The maximum atomic E-state index is 12.5. The summed E-state index contributed by atoms with van der Waals surface area (Å²) in [7, 11) is 3.57. The zero-order valence-electron chi connectivity index (χ0n) is 15.5. The fourth-order valence-corrected chi connectivity index (χ4v) is 3.49. The van der Waals surface area contributed by atoms with Crippen molar-refractivity contribution >= 4 is 5.91 Å². The quantitative estimate of drug-likeness (QED) is 0.772. The average molecular weight is 373 g/mol. The number of piperazine rings is 1. The van der Waals surface area contributed by atoms with E-state index in [9.17, 15) is 4.79 Å². The first-order valence-corrected chi connectivity index (χ1v) is 8.94. The summed E-state index contributed by atoms with van der Waals surface area (Å²) in [5.41, 5.74) is 0.819. The molecule has 1 amide bonds. The molecule has 0 bridgehead atoms. The van der Waals surface area contributed by atoms with Gasteiger partial charge in [0.1, 0.15) is 32.2 Å². The minimum absolute atomic E-state index is 0.0488. The Morgan fingerprint density at radius 2 is 2.07 bits per heavy atom. The molecule has 9 heteroatoms. The number of amides is 1. The van der Waals surface area contributed by atoms with Gasteiger partial charge in [-0.3, -0.25) is 4.79 Å². The van der Waals surface area contributed by atoms with Gasteiger partial charge in [-0.2, -0.15) is 5.10 Å². The maximum absolute atomic E-state index is 12.5. The molecule has 3 heterocycles. The third-order valence-corrected chi connectivity index (χ3v) is 4.81. The number of ether oxygens (including phenoxy) is 3. The third kappa shape index (κ3) is 3.47. The number of rotatable bonds is 4. The van der Waals surface area contributed by atoms with Gasteiger partial charge < -0.3 is 24.0 Å². The Hall–Kier alpha value is -2.65. The van der Waals surface area contributed by atoms with Gasteiger partial charge in [0, 0.05) is 32.8 Å². The van der Waals surface area contributed by atoms with E-state index in [1.54, 1.807) is 4.68 Å². The van der Waals surface area contributed by atoms with Crippen LogP contribution in [0.4, 0.5) is 0 Å². The molecule has 0 unspecified atom stereocenters. The van der Waals surface area contributed by atoms with Crippen LogP contribution in [-0.2, 0) is 9.53 Å². The van der Waals surface area contributed by atoms with E-state index in [-0.39, 0.29) is 18.6 Å². The predicted octanol–water partition coefficient (Wildman–Crippen LogP) is 0.500. The molecule has 1 aromatic carbocycles. The highest BCUT2D eigenvalue weighted by atomic mass is 16.6. The van der Waals surface area contributed by atoms with Crippen molar-refractivity contribution in [3.63, 3.8) is 0 Å². The fraction of sp³-hybridized carbons (Fsp3) is 0.500. The van der Waals surface area contributed by atoms with Gasteiger partial charge in [-0.25, -0.2) is 9.67 Å². The van der Waals surface area contributed by atoms with Gasteiger partial charge in [0.05, 0.1) is 5.69 Å². The summed E-state index contributed by atoms with van der Waals surface area (Å²) in [5.74, 6) is 2.07. The minimum atomic E-state index is -0.206. The van der Waals surface area contributed by atoms with Gasteiger partial charge in [-0.1, -0.05) is 0 Å². The standard InChI is InChI=1S/C18H23N5O4/c1-21-5-6-22(17(24)11-25-2)14(10-21)18-19-12-20-23(18)13-3-4-15-16(9-13)27-8-7-26-15/h3-4,9,12,14H,5-8,10-11H2,1-2H3/t14-/m1/s1. The second kappa shape index (κ2) is 7.53. The highest BCUT2D eigenvalue weighted by molar-refractivity contribution is 5.78. The van der Waals surface area contributed by atoms with E-state index in [1.165, 1.54) is 13.4 Å². The SMILES string of the molecule is COCC(=O)N1CCN(C)C[C@@H]1c1ncnn1-c1ccc2c(c1)OCCO2. The van der Waals surface area contributed by atoms with Crippen molar-refractivity contribution in [3.8, 4) is 17.2 Å². The lowest BCUT2D eigenvalue weighted by Gasteiger charge is -2.39. The van der Waals surface area contributed by atoms with Gasteiger partial charge in [0.15, 0.2) is 17.3 Å². The Morgan fingerprint density at radius 1 is 1.26 bits per heavy atom. The monoisotopic (exact) mass is 373 g/mol. The molecule has 1 fully saturated rings. The molecule has 144 valence electrons. The molecule has 27 heavy (non-hydrogen) atoms. The van der Waals surface area contributed by atoms with Crippen molar-refractivity contribution in [3.05, 3.63) is 30.4 Å². The number of benzene rings is 1. The molecule has 1 atom stereocenters. The number of hydrogen-bond acceptors (Lipinski definition) is 7. The summed E-state index contributed by atoms with van der Waals surface area (Å²) in [6, 6.07) is 5.47. The molecule has 1 saturated heterocycles. The molecule has 1 aromatic heterocycles. The van der Waals surface area contributed by atoms with Crippen molar-refractivity contribution in [2.75, 3.05) is 53.6 Å². The van der Waals surface area contributed by atoms with Gasteiger partial charge in [-0.05, 0) is 19.2 Å². The van der Waals surface area contributed by atoms with Crippen molar-refractivity contribution < 1.29 is 19.0 Å².